The van der Waals surface area contributed by atoms with E-state index < -0.39 is 10.1 Å². The summed E-state index contributed by atoms with van der Waals surface area (Å²) < 4.78 is 27.5. The van der Waals surface area contributed by atoms with Gasteiger partial charge in [0.1, 0.15) is 0 Å². The van der Waals surface area contributed by atoms with Crippen molar-refractivity contribution in [3.63, 3.8) is 0 Å². The van der Waals surface area contributed by atoms with E-state index in [2.05, 4.69) is 5.92 Å². The van der Waals surface area contributed by atoms with E-state index in [0.29, 0.717) is 6.42 Å². The molecule has 0 amide bonds. The maximum Gasteiger partial charge on any atom is 0.335 e. The summed E-state index contributed by atoms with van der Waals surface area (Å²) in [6.07, 6.45) is 0.430. The van der Waals surface area contributed by atoms with Gasteiger partial charge in [0.15, 0.2) is 0 Å². The van der Waals surface area contributed by atoms with Crippen LogP contribution in [0.1, 0.15) is 13.3 Å². The van der Waals surface area contributed by atoms with E-state index in [1.165, 1.54) is 0 Å². The number of hydrogen-bond acceptors (Lipinski definition) is 2. The van der Waals surface area contributed by atoms with Crippen molar-refractivity contribution in [3.05, 3.63) is 0 Å². The van der Waals surface area contributed by atoms with Gasteiger partial charge in [-0.05, 0) is 0 Å². The van der Waals surface area contributed by atoms with Crippen LogP contribution in [0.25, 0.3) is 0 Å². The predicted octanol–water partition coefficient (Wildman–Crippen LogP) is -0.136. The summed E-state index contributed by atoms with van der Waals surface area (Å²) in [5.41, 5.74) is 0. The average molecular weight is 157 g/mol. The molecule has 0 rings (SSSR count). The Morgan fingerprint density at radius 2 is 2.00 bits per heavy atom. The van der Waals surface area contributed by atoms with Gasteiger partial charge in [0.2, 0.25) is 0 Å². The Kier molecular flexibility index (Phi) is 7.13. The topological polar surface area (TPSA) is 54.4 Å². The average Bonchev–Trinajstić information content (AvgIpc) is 1.59. The molecule has 3 nitrogen and oxygen atoms in total. The largest absolute Gasteiger partial charge is 0.335 e. The molecule has 0 aromatic rings. The molecule has 0 spiro atoms. The molecule has 0 heterocycles. The monoisotopic (exact) mass is 157 g/mol. The smallest absolute Gasteiger partial charge is 0.276 e. The first kappa shape index (κ1) is 12.2. The van der Waals surface area contributed by atoms with Crippen molar-refractivity contribution < 1.29 is 13.0 Å². The Morgan fingerprint density at radius 3 is 2.11 bits per heavy atom. The van der Waals surface area contributed by atoms with Crippen LogP contribution in [0.15, 0.2) is 0 Å². The fraction of sp³-hybridized carbons (Fsp3) is 0.500. The summed E-state index contributed by atoms with van der Waals surface area (Å²) >= 11 is 0. The van der Waals surface area contributed by atoms with Crippen molar-refractivity contribution in [1.82, 2.24) is 0 Å². The van der Waals surface area contributed by atoms with Crippen molar-refractivity contribution in [2.75, 3.05) is 0 Å². The zero-order valence-corrected chi connectivity index (χ0v) is 8.20. The molecular formula is C4H6NaO3S. The summed E-state index contributed by atoms with van der Waals surface area (Å²) in [7, 11) is -4.05. The molecule has 5 heteroatoms. The molecule has 1 N–H and O–H groups in total. The van der Waals surface area contributed by atoms with Gasteiger partial charge < -0.3 is 0 Å². The van der Waals surface area contributed by atoms with Crippen LogP contribution in [-0.2, 0) is 10.1 Å². The molecule has 47 valence electrons. The summed E-state index contributed by atoms with van der Waals surface area (Å²) in [6, 6.07) is 0. The quantitative estimate of drug-likeness (QED) is 0.302. The van der Waals surface area contributed by atoms with E-state index in [-0.39, 0.29) is 29.6 Å². The molecule has 0 aliphatic rings. The molecule has 9 heavy (non-hydrogen) atoms. The van der Waals surface area contributed by atoms with E-state index >= 15 is 0 Å². The molecule has 0 aliphatic carbocycles. The first-order chi connectivity index (χ1) is 3.56. The van der Waals surface area contributed by atoms with Crippen LogP contribution in [-0.4, -0.2) is 42.5 Å². The normalized spacial score (nSPS) is 8.67. The molecule has 0 atom stereocenters. The van der Waals surface area contributed by atoms with Crippen molar-refractivity contribution in [1.29, 1.82) is 0 Å². The molecule has 0 saturated carbocycles. The fourth-order valence-corrected chi connectivity index (χ4v) is 0.490. The Bertz CT molecular complexity index is 208. The molecule has 0 bridgehead atoms. The number of rotatable bonds is 0. The third-order valence-corrected chi connectivity index (χ3v) is 0.780. The van der Waals surface area contributed by atoms with Crippen LogP contribution in [0.5, 0.6) is 0 Å². The summed E-state index contributed by atoms with van der Waals surface area (Å²) in [4.78, 5) is 0. The van der Waals surface area contributed by atoms with Crippen LogP contribution in [0.2, 0.25) is 0 Å². The van der Waals surface area contributed by atoms with Gasteiger partial charge in [0.05, 0.1) is 5.25 Å². The second-order valence-electron chi connectivity index (χ2n) is 1.11. The summed E-state index contributed by atoms with van der Waals surface area (Å²) in [5.74, 6) is 2.20. The van der Waals surface area contributed by atoms with E-state index in [9.17, 15) is 8.42 Å². The van der Waals surface area contributed by atoms with Crippen LogP contribution in [0, 0.1) is 11.2 Å². The second kappa shape index (κ2) is 5.27. The fourth-order valence-electron chi connectivity index (χ4n) is 0.163. The predicted molar refractivity (Wildman–Crippen MR) is 35.4 cm³/mol. The Balaban J connectivity index is 0. The Morgan fingerprint density at radius 1 is 1.56 bits per heavy atom. The first-order valence-corrected chi connectivity index (χ1v) is 3.47. The molecule has 1 radical (unpaired) electrons. The van der Waals surface area contributed by atoms with Crippen molar-refractivity contribution in [3.8, 4) is 11.2 Å². The minimum absolute atomic E-state index is 0. The van der Waals surface area contributed by atoms with E-state index in [1.54, 1.807) is 12.2 Å². The van der Waals surface area contributed by atoms with Gasteiger partial charge in [-0.3, -0.25) is 4.55 Å². The maximum absolute atomic E-state index is 9.77. The number of hydrogen-bond donors (Lipinski definition) is 1. The molecule has 0 aromatic heterocycles. The van der Waals surface area contributed by atoms with Crippen LogP contribution in [0.4, 0.5) is 0 Å². The zero-order chi connectivity index (χ0) is 6.62. The first-order valence-electron chi connectivity index (χ1n) is 2.03. The van der Waals surface area contributed by atoms with Crippen molar-refractivity contribution in [2.45, 2.75) is 13.3 Å². The van der Waals surface area contributed by atoms with Crippen LogP contribution < -0.4 is 0 Å². The van der Waals surface area contributed by atoms with Gasteiger partial charge in [-0.1, -0.05) is 12.8 Å². The SMILES string of the molecule is CCC#CS(=O)(=O)O.[Na]. The molecular weight excluding hydrogens is 151 g/mol. The maximum atomic E-state index is 9.77. The minimum atomic E-state index is -4.05. The van der Waals surface area contributed by atoms with Crippen molar-refractivity contribution >= 4 is 39.7 Å². The van der Waals surface area contributed by atoms with Crippen molar-refractivity contribution in [2.24, 2.45) is 0 Å². The van der Waals surface area contributed by atoms with Crippen LogP contribution in [0.3, 0.4) is 0 Å². The van der Waals surface area contributed by atoms with Gasteiger partial charge in [0, 0.05) is 36.0 Å². The van der Waals surface area contributed by atoms with Gasteiger partial charge >= 0.3 is 10.1 Å². The van der Waals surface area contributed by atoms with Gasteiger partial charge in [-0.25, -0.2) is 0 Å². The third-order valence-electron chi connectivity index (χ3n) is 0.378. The second-order valence-corrected chi connectivity index (χ2v) is 2.26. The third kappa shape index (κ3) is 11.8. The standard InChI is InChI=1S/C4H6O3S.Na/c1-2-3-4-8(5,6)7;/h2H2,1H3,(H,5,6,7);. The van der Waals surface area contributed by atoms with Crippen LogP contribution >= 0.6 is 0 Å². The summed E-state index contributed by atoms with van der Waals surface area (Å²) in [6.45, 7) is 1.69. The van der Waals surface area contributed by atoms with E-state index in [4.69, 9.17) is 4.55 Å². The minimum Gasteiger partial charge on any atom is -0.276 e. The molecule has 0 fully saturated rings. The van der Waals surface area contributed by atoms with Gasteiger partial charge in [-0.15, -0.1) is 0 Å². The van der Waals surface area contributed by atoms with Gasteiger partial charge in [-0.2, -0.15) is 8.42 Å². The molecule has 0 aliphatic heterocycles. The van der Waals surface area contributed by atoms with E-state index in [1.807, 2.05) is 0 Å². The molecule has 0 unspecified atom stereocenters. The Hall–Kier alpha value is 0.470. The Labute approximate surface area is 76.9 Å². The molecule has 0 saturated heterocycles. The molecule has 0 aromatic carbocycles. The van der Waals surface area contributed by atoms with E-state index in [0.717, 1.165) is 0 Å². The zero-order valence-electron chi connectivity index (χ0n) is 5.38. The van der Waals surface area contributed by atoms with Gasteiger partial charge in [0.25, 0.3) is 0 Å². The summed E-state index contributed by atoms with van der Waals surface area (Å²) in [5, 5.41) is 1.65.